The number of hydrogen-bond acceptors (Lipinski definition) is 4. The molecule has 0 bridgehead atoms. The van der Waals surface area contributed by atoms with Crippen LogP contribution in [0.25, 0.3) is 0 Å². The molecule has 2 saturated heterocycles. The van der Waals surface area contributed by atoms with Crippen LogP contribution in [-0.2, 0) is 4.79 Å². The van der Waals surface area contributed by atoms with Crippen molar-refractivity contribution in [3.8, 4) is 0 Å². The lowest BCUT2D eigenvalue weighted by atomic mass is 9.68. The maximum atomic E-state index is 12.6. The number of piperidine rings is 1. The Morgan fingerprint density at radius 3 is 2.56 bits per heavy atom. The average Bonchev–Trinajstić information content (AvgIpc) is 2.99. The van der Waals surface area contributed by atoms with Crippen LogP contribution in [0.1, 0.15) is 34.7 Å². The largest absolute Gasteiger partial charge is 0.355 e. The van der Waals surface area contributed by atoms with Gasteiger partial charge in [-0.25, -0.2) is 0 Å². The molecule has 3 heterocycles. The first-order valence-corrected chi connectivity index (χ1v) is 8.60. The third kappa shape index (κ3) is 2.67. The molecule has 25 heavy (non-hydrogen) atoms. The van der Waals surface area contributed by atoms with Crippen LogP contribution in [0.3, 0.4) is 0 Å². The Morgan fingerprint density at radius 1 is 1.12 bits per heavy atom. The van der Waals surface area contributed by atoms with E-state index >= 15 is 0 Å². The van der Waals surface area contributed by atoms with E-state index in [0.717, 1.165) is 0 Å². The molecule has 1 aromatic carbocycles. The Hall–Kier alpha value is -2.76. The number of nitrogens with one attached hydrogen (secondary N) is 1. The Labute approximate surface area is 146 Å². The molecule has 1 spiro atoms. The van der Waals surface area contributed by atoms with E-state index in [1.807, 2.05) is 23.1 Å². The normalized spacial score (nSPS) is 22.0. The van der Waals surface area contributed by atoms with Gasteiger partial charge in [-0.05, 0) is 24.5 Å². The van der Waals surface area contributed by atoms with Crippen molar-refractivity contribution in [1.82, 2.24) is 20.4 Å². The van der Waals surface area contributed by atoms with Crippen molar-refractivity contribution in [2.45, 2.75) is 18.8 Å². The summed E-state index contributed by atoms with van der Waals surface area (Å²) >= 11 is 0. The smallest absolute Gasteiger partial charge is 0.255 e. The lowest BCUT2D eigenvalue weighted by Gasteiger charge is -2.41. The van der Waals surface area contributed by atoms with Crippen molar-refractivity contribution < 1.29 is 9.59 Å². The van der Waals surface area contributed by atoms with Crippen LogP contribution in [0.15, 0.2) is 48.8 Å². The number of aromatic nitrogens is 2. The van der Waals surface area contributed by atoms with Gasteiger partial charge in [0.25, 0.3) is 5.91 Å². The van der Waals surface area contributed by atoms with Crippen molar-refractivity contribution >= 4 is 11.8 Å². The van der Waals surface area contributed by atoms with E-state index in [1.165, 1.54) is 18.0 Å². The predicted molar refractivity (Wildman–Crippen MR) is 91.8 cm³/mol. The number of likely N-dealkylation sites (tertiary alicyclic amines) is 1. The highest BCUT2D eigenvalue weighted by Gasteiger charge is 2.52. The fourth-order valence-corrected chi connectivity index (χ4v) is 4.13. The number of benzene rings is 1. The molecule has 2 fully saturated rings. The number of rotatable bonds is 2. The van der Waals surface area contributed by atoms with Gasteiger partial charge < -0.3 is 10.2 Å². The van der Waals surface area contributed by atoms with Gasteiger partial charge in [-0.3, -0.25) is 9.59 Å². The third-order valence-electron chi connectivity index (χ3n) is 5.56. The number of nitrogens with zero attached hydrogens (tertiary/aromatic N) is 3. The molecule has 1 atom stereocenters. The summed E-state index contributed by atoms with van der Waals surface area (Å²) in [7, 11) is 0. The van der Waals surface area contributed by atoms with Crippen LogP contribution in [0.2, 0.25) is 0 Å². The minimum absolute atomic E-state index is 0.0422. The predicted octanol–water partition coefficient (Wildman–Crippen LogP) is 1.61. The molecule has 2 aliphatic heterocycles. The summed E-state index contributed by atoms with van der Waals surface area (Å²) in [6, 6.07) is 11.9. The molecular weight excluding hydrogens is 316 g/mol. The van der Waals surface area contributed by atoms with Crippen LogP contribution in [0.5, 0.6) is 0 Å². The van der Waals surface area contributed by atoms with Crippen LogP contribution in [0, 0.1) is 5.41 Å². The molecule has 2 aliphatic rings. The molecule has 6 nitrogen and oxygen atoms in total. The molecule has 0 saturated carbocycles. The average molecular weight is 336 g/mol. The second kappa shape index (κ2) is 6.27. The maximum Gasteiger partial charge on any atom is 0.255 e. The molecule has 0 radical (unpaired) electrons. The summed E-state index contributed by atoms with van der Waals surface area (Å²) in [4.78, 5) is 27.1. The minimum Gasteiger partial charge on any atom is -0.355 e. The topological polar surface area (TPSA) is 75.2 Å². The molecular formula is C19H20N4O2. The summed E-state index contributed by atoms with van der Waals surface area (Å²) in [5, 5.41) is 10.5. The van der Waals surface area contributed by atoms with E-state index in [0.29, 0.717) is 38.0 Å². The number of carbonyl (C=O) groups excluding carboxylic acids is 2. The van der Waals surface area contributed by atoms with Gasteiger partial charge in [0.2, 0.25) is 5.91 Å². The first-order chi connectivity index (χ1) is 12.2. The van der Waals surface area contributed by atoms with Crippen LogP contribution in [-0.4, -0.2) is 46.5 Å². The summed E-state index contributed by atoms with van der Waals surface area (Å²) in [5.74, 6) is 0.250. The van der Waals surface area contributed by atoms with Gasteiger partial charge in [0.1, 0.15) is 0 Å². The molecule has 0 aliphatic carbocycles. The molecule has 4 rings (SSSR count). The fourth-order valence-electron chi connectivity index (χ4n) is 4.13. The van der Waals surface area contributed by atoms with Crippen molar-refractivity contribution in [2.75, 3.05) is 19.6 Å². The van der Waals surface area contributed by atoms with Crippen molar-refractivity contribution in [3.05, 3.63) is 59.9 Å². The van der Waals surface area contributed by atoms with Crippen LogP contribution in [0.4, 0.5) is 0 Å². The van der Waals surface area contributed by atoms with Gasteiger partial charge in [0, 0.05) is 25.6 Å². The van der Waals surface area contributed by atoms with Crippen molar-refractivity contribution in [1.29, 1.82) is 0 Å². The van der Waals surface area contributed by atoms with E-state index in [9.17, 15) is 9.59 Å². The Kier molecular flexibility index (Phi) is 3.95. The van der Waals surface area contributed by atoms with Crippen molar-refractivity contribution in [2.24, 2.45) is 5.41 Å². The standard InChI is InChI=1S/C19H20N4O2/c24-17(15-6-9-21-22-12-15)23-10-7-19(8-11-23)16(13-20-18(19)25)14-4-2-1-3-5-14/h1-6,9,12,16H,7-8,10-11,13H2,(H,20,25). The quantitative estimate of drug-likeness (QED) is 0.904. The molecule has 128 valence electrons. The molecule has 1 aromatic heterocycles. The highest BCUT2D eigenvalue weighted by atomic mass is 16.2. The van der Waals surface area contributed by atoms with Gasteiger partial charge >= 0.3 is 0 Å². The summed E-state index contributed by atoms with van der Waals surface area (Å²) in [5.41, 5.74) is 1.33. The molecule has 2 amide bonds. The Bertz CT molecular complexity index is 771. The first kappa shape index (κ1) is 15.7. The third-order valence-corrected chi connectivity index (χ3v) is 5.56. The maximum absolute atomic E-state index is 12.6. The number of carbonyl (C=O) groups is 2. The summed E-state index contributed by atoms with van der Waals surface area (Å²) < 4.78 is 0. The van der Waals surface area contributed by atoms with Gasteiger partial charge in [-0.2, -0.15) is 10.2 Å². The SMILES string of the molecule is O=C(c1ccnnc1)N1CCC2(CC1)C(=O)NCC2c1ccccc1. The lowest BCUT2D eigenvalue weighted by Crippen LogP contribution is -2.47. The van der Waals surface area contributed by atoms with Gasteiger partial charge in [0.15, 0.2) is 0 Å². The van der Waals surface area contributed by atoms with Gasteiger partial charge in [-0.15, -0.1) is 0 Å². The highest BCUT2D eigenvalue weighted by molar-refractivity contribution is 5.94. The second-order valence-corrected chi connectivity index (χ2v) is 6.75. The molecule has 1 unspecified atom stereocenters. The van der Waals surface area contributed by atoms with E-state index in [2.05, 4.69) is 27.6 Å². The molecule has 2 aromatic rings. The minimum atomic E-state index is -0.408. The van der Waals surface area contributed by atoms with Crippen LogP contribution < -0.4 is 5.32 Å². The van der Waals surface area contributed by atoms with Gasteiger partial charge in [0.05, 0.1) is 23.4 Å². The second-order valence-electron chi connectivity index (χ2n) is 6.75. The summed E-state index contributed by atoms with van der Waals surface area (Å²) in [6.45, 7) is 1.83. The van der Waals surface area contributed by atoms with E-state index in [-0.39, 0.29) is 17.7 Å². The molecule has 1 N–H and O–H groups in total. The zero-order valence-electron chi connectivity index (χ0n) is 13.9. The van der Waals surface area contributed by atoms with Gasteiger partial charge in [-0.1, -0.05) is 30.3 Å². The monoisotopic (exact) mass is 336 g/mol. The number of amides is 2. The zero-order valence-corrected chi connectivity index (χ0v) is 13.9. The summed E-state index contributed by atoms with van der Waals surface area (Å²) in [6.07, 6.45) is 4.38. The Balaban J connectivity index is 1.53. The Morgan fingerprint density at radius 2 is 1.88 bits per heavy atom. The zero-order chi connectivity index (χ0) is 17.3. The van der Waals surface area contributed by atoms with E-state index in [4.69, 9.17) is 0 Å². The fraction of sp³-hybridized carbons (Fsp3) is 0.368. The highest BCUT2D eigenvalue weighted by Crippen LogP contribution is 2.47. The van der Waals surface area contributed by atoms with E-state index < -0.39 is 5.41 Å². The number of hydrogen-bond donors (Lipinski definition) is 1. The lowest BCUT2D eigenvalue weighted by molar-refractivity contribution is -0.130. The van der Waals surface area contributed by atoms with E-state index in [1.54, 1.807) is 6.07 Å². The molecule has 6 heteroatoms. The van der Waals surface area contributed by atoms with Crippen LogP contribution >= 0.6 is 0 Å². The first-order valence-electron chi connectivity index (χ1n) is 8.60. The van der Waals surface area contributed by atoms with Crippen molar-refractivity contribution in [3.63, 3.8) is 0 Å².